The summed E-state index contributed by atoms with van der Waals surface area (Å²) in [6.45, 7) is 0.315. The quantitative estimate of drug-likeness (QED) is 0.158. The van der Waals surface area contributed by atoms with Gasteiger partial charge in [0.1, 0.15) is 6.10 Å². The molecule has 4 aliphatic carbocycles. The Kier molecular flexibility index (Phi) is 11.1. The second kappa shape index (κ2) is 14.5. The van der Waals surface area contributed by atoms with E-state index in [-0.39, 0.29) is 55.5 Å². The normalized spacial score (nSPS) is 36.9. The number of nitrogens with zero attached hydrogens (tertiary/aromatic N) is 1. The predicted octanol–water partition coefficient (Wildman–Crippen LogP) is 4.15. The standard InChI is InChI=1S/C28H43NO11/c30-26(31)23-4-2-1-3-17(23)16-37-40-22-12-10-20(11-13-22)38-19-6-8-21(9-7-19)39-28(34)25-15-18(29(35)36)5-14-24(25)27(32)33/h17-25H,1-16H2,(H,30,31)(H,32,33). The van der Waals surface area contributed by atoms with Crippen molar-refractivity contribution in [3.8, 4) is 0 Å². The van der Waals surface area contributed by atoms with Crippen LogP contribution < -0.4 is 0 Å². The Morgan fingerprint density at radius 1 is 0.700 bits per heavy atom. The second-order valence-electron chi connectivity index (χ2n) is 12.0. The molecule has 12 nitrogen and oxygen atoms in total. The Labute approximate surface area is 234 Å². The van der Waals surface area contributed by atoms with Gasteiger partial charge in [-0.1, -0.05) is 12.8 Å². The number of carboxylic acids is 2. The van der Waals surface area contributed by atoms with Crippen LogP contribution in [0, 0.1) is 33.8 Å². The number of carbonyl (C=O) groups is 3. The maximum atomic E-state index is 12.8. The van der Waals surface area contributed by atoms with E-state index in [9.17, 15) is 34.7 Å². The van der Waals surface area contributed by atoms with Gasteiger partial charge in [-0.05, 0) is 76.5 Å². The van der Waals surface area contributed by atoms with Crippen LogP contribution in [-0.4, -0.2) is 70.1 Å². The topological polar surface area (TPSA) is 172 Å². The molecule has 12 heteroatoms. The van der Waals surface area contributed by atoms with Crippen molar-refractivity contribution in [2.75, 3.05) is 6.61 Å². The minimum Gasteiger partial charge on any atom is -0.481 e. The van der Waals surface area contributed by atoms with E-state index in [4.69, 9.17) is 19.2 Å². The van der Waals surface area contributed by atoms with Crippen LogP contribution >= 0.6 is 0 Å². The van der Waals surface area contributed by atoms with E-state index in [0.29, 0.717) is 25.9 Å². The first kappa shape index (κ1) is 30.6. The molecule has 2 N–H and O–H groups in total. The van der Waals surface area contributed by atoms with Crippen LogP contribution in [0.4, 0.5) is 0 Å². The lowest BCUT2D eigenvalue weighted by atomic mass is 9.77. The number of hydrogen-bond acceptors (Lipinski definition) is 9. The van der Waals surface area contributed by atoms with E-state index >= 15 is 0 Å². The monoisotopic (exact) mass is 569 g/mol. The van der Waals surface area contributed by atoms with Crippen LogP contribution in [0.3, 0.4) is 0 Å². The van der Waals surface area contributed by atoms with Crippen LogP contribution in [-0.2, 0) is 33.6 Å². The van der Waals surface area contributed by atoms with E-state index in [0.717, 1.165) is 57.8 Å². The second-order valence-corrected chi connectivity index (χ2v) is 12.0. The average Bonchev–Trinajstić information content (AvgIpc) is 2.94. The van der Waals surface area contributed by atoms with Gasteiger partial charge in [0.25, 0.3) is 0 Å². The van der Waals surface area contributed by atoms with Crippen molar-refractivity contribution >= 4 is 17.9 Å². The first-order valence-electron chi connectivity index (χ1n) is 14.9. The third kappa shape index (κ3) is 8.36. The van der Waals surface area contributed by atoms with Crippen molar-refractivity contribution in [2.45, 2.75) is 127 Å². The Balaban J connectivity index is 1.12. The molecule has 0 amide bonds. The average molecular weight is 570 g/mol. The summed E-state index contributed by atoms with van der Waals surface area (Å²) in [5.74, 6) is -4.77. The van der Waals surface area contributed by atoms with Gasteiger partial charge in [0, 0.05) is 17.8 Å². The van der Waals surface area contributed by atoms with Gasteiger partial charge in [-0.25, -0.2) is 9.78 Å². The Morgan fingerprint density at radius 3 is 1.88 bits per heavy atom. The van der Waals surface area contributed by atoms with Crippen molar-refractivity contribution in [3.63, 3.8) is 0 Å². The number of carboxylic acid groups (broad SMARTS) is 2. The number of carbonyl (C=O) groups excluding carboxylic acids is 1. The molecule has 4 aliphatic rings. The van der Waals surface area contributed by atoms with Crippen molar-refractivity contribution in [2.24, 2.45) is 23.7 Å². The molecule has 0 aromatic heterocycles. The Bertz CT molecular complexity index is 881. The highest BCUT2D eigenvalue weighted by Gasteiger charge is 2.45. The molecule has 0 bridgehead atoms. The molecule has 0 saturated heterocycles. The minimum atomic E-state index is -1.11. The highest BCUT2D eigenvalue weighted by atomic mass is 17.2. The zero-order valence-corrected chi connectivity index (χ0v) is 23.0. The highest BCUT2D eigenvalue weighted by molar-refractivity contribution is 5.81. The van der Waals surface area contributed by atoms with E-state index in [1.165, 1.54) is 0 Å². The fraction of sp³-hybridized carbons (Fsp3) is 0.893. The van der Waals surface area contributed by atoms with Gasteiger partial charge >= 0.3 is 17.9 Å². The summed E-state index contributed by atoms with van der Waals surface area (Å²) in [4.78, 5) is 57.8. The molecule has 4 saturated carbocycles. The van der Waals surface area contributed by atoms with Crippen LogP contribution in [0.1, 0.15) is 96.3 Å². The summed E-state index contributed by atoms with van der Waals surface area (Å²) in [5.41, 5.74) is 0. The van der Waals surface area contributed by atoms with Crippen LogP contribution in [0.15, 0.2) is 0 Å². The van der Waals surface area contributed by atoms with E-state index < -0.39 is 40.7 Å². The molecular formula is C28H43NO11. The van der Waals surface area contributed by atoms with E-state index in [1.807, 2.05) is 0 Å². The molecular weight excluding hydrogens is 526 g/mol. The number of aliphatic carboxylic acids is 2. The molecule has 0 heterocycles. The highest BCUT2D eigenvalue weighted by Crippen LogP contribution is 2.35. The summed E-state index contributed by atoms with van der Waals surface area (Å²) >= 11 is 0. The summed E-state index contributed by atoms with van der Waals surface area (Å²) in [5, 5.41) is 30.1. The van der Waals surface area contributed by atoms with Gasteiger partial charge in [0.2, 0.25) is 6.04 Å². The van der Waals surface area contributed by atoms with Crippen LogP contribution in [0.2, 0.25) is 0 Å². The van der Waals surface area contributed by atoms with Crippen molar-refractivity contribution in [1.29, 1.82) is 0 Å². The summed E-state index contributed by atoms with van der Waals surface area (Å²) in [7, 11) is 0. The third-order valence-corrected chi connectivity index (χ3v) is 9.36. The summed E-state index contributed by atoms with van der Waals surface area (Å²) < 4.78 is 12.0. The number of ether oxygens (including phenoxy) is 2. The van der Waals surface area contributed by atoms with Crippen molar-refractivity contribution < 1.29 is 48.8 Å². The lowest BCUT2D eigenvalue weighted by Crippen LogP contribution is -2.42. The lowest BCUT2D eigenvalue weighted by molar-refractivity contribution is -0.528. The SMILES string of the molecule is O=C(O)C1CCCCC1COOC1CCC(OC2CCC(OC(=O)C3CC([N+](=O)[O-])CCC3C(=O)O)CC2)CC1. The van der Waals surface area contributed by atoms with E-state index in [1.54, 1.807) is 0 Å². The van der Waals surface area contributed by atoms with Crippen LogP contribution in [0.25, 0.3) is 0 Å². The molecule has 5 atom stereocenters. The number of hydrogen-bond donors (Lipinski definition) is 2. The summed E-state index contributed by atoms with van der Waals surface area (Å²) in [6.07, 6.45) is 9.53. The zero-order chi connectivity index (χ0) is 28.6. The molecule has 5 unspecified atom stereocenters. The number of esters is 1. The molecule has 4 rings (SSSR count). The molecule has 4 fully saturated rings. The van der Waals surface area contributed by atoms with Crippen molar-refractivity contribution in [3.05, 3.63) is 10.1 Å². The smallest absolute Gasteiger partial charge is 0.310 e. The van der Waals surface area contributed by atoms with Crippen molar-refractivity contribution in [1.82, 2.24) is 0 Å². The predicted molar refractivity (Wildman–Crippen MR) is 139 cm³/mol. The number of rotatable bonds is 11. The maximum absolute atomic E-state index is 12.8. The molecule has 0 aromatic carbocycles. The maximum Gasteiger partial charge on any atom is 0.310 e. The molecule has 0 spiro atoms. The lowest BCUT2D eigenvalue weighted by Gasteiger charge is -2.35. The minimum absolute atomic E-state index is 0.000419. The fourth-order valence-corrected chi connectivity index (χ4v) is 6.93. The fourth-order valence-electron chi connectivity index (χ4n) is 6.93. The third-order valence-electron chi connectivity index (χ3n) is 9.36. The zero-order valence-electron chi connectivity index (χ0n) is 23.0. The first-order valence-corrected chi connectivity index (χ1v) is 14.9. The molecule has 40 heavy (non-hydrogen) atoms. The Hall–Kier alpha value is -2.31. The van der Waals surface area contributed by atoms with Gasteiger partial charge in [0.15, 0.2) is 0 Å². The summed E-state index contributed by atoms with van der Waals surface area (Å²) in [6, 6.07) is -0.912. The Morgan fingerprint density at radius 2 is 1.27 bits per heavy atom. The molecule has 0 radical (unpaired) electrons. The molecule has 0 aromatic rings. The largest absolute Gasteiger partial charge is 0.481 e. The van der Waals surface area contributed by atoms with E-state index in [2.05, 4.69) is 0 Å². The molecule has 0 aliphatic heterocycles. The van der Waals surface area contributed by atoms with Gasteiger partial charge in [-0.3, -0.25) is 24.5 Å². The van der Waals surface area contributed by atoms with Gasteiger partial charge in [-0.15, -0.1) is 0 Å². The first-order chi connectivity index (χ1) is 19.2. The van der Waals surface area contributed by atoms with Crippen LogP contribution in [0.5, 0.6) is 0 Å². The molecule has 226 valence electrons. The van der Waals surface area contributed by atoms with Gasteiger partial charge < -0.3 is 19.7 Å². The van der Waals surface area contributed by atoms with Gasteiger partial charge in [-0.2, -0.15) is 0 Å². The van der Waals surface area contributed by atoms with Gasteiger partial charge in [0.05, 0.1) is 42.7 Å². The number of nitro groups is 1.